The molecule has 27 heavy (non-hydrogen) atoms. The lowest BCUT2D eigenvalue weighted by Crippen LogP contribution is -2.57. The molecule has 2 heterocycles. The van der Waals surface area contributed by atoms with Crippen molar-refractivity contribution in [1.82, 2.24) is 10.2 Å². The number of thioether (sulfide) groups is 1. The third-order valence-electron chi connectivity index (χ3n) is 5.12. The number of piperidine rings is 1. The molecule has 2 amide bonds. The average molecular weight is 392 g/mol. The fourth-order valence-electron chi connectivity index (χ4n) is 3.37. The van der Waals surface area contributed by atoms with Crippen LogP contribution in [-0.2, 0) is 14.4 Å². The number of nitrogens with zero attached hydrogens (tertiary/aromatic N) is 1. The number of para-hydroxylation sites is 1. The van der Waals surface area contributed by atoms with Crippen LogP contribution < -0.4 is 10.1 Å². The Hall–Kier alpha value is -2.22. The van der Waals surface area contributed by atoms with Gasteiger partial charge in [0, 0.05) is 24.8 Å². The molecule has 1 aromatic carbocycles. The van der Waals surface area contributed by atoms with Gasteiger partial charge in [-0.15, -0.1) is 0 Å². The summed E-state index contributed by atoms with van der Waals surface area (Å²) in [6.07, 6.45) is 1.52. The molecule has 0 aromatic heterocycles. The standard InChI is InChI=1S/C19H24N2O5S/c22-16(12-26-15-4-2-1-3-5-15)21-9-6-14(7-10-21)17(23)20-19(18(24)25)8-11-27-13-19/h1-5,14H,6-13H2,(H,20,23)(H,24,25). The number of hydrogen-bond acceptors (Lipinski definition) is 5. The molecule has 0 saturated carbocycles. The number of carbonyl (C=O) groups excluding carboxylic acids is 2. The van der Waals surface area contributed by atoms with Crippen molar-refractivity contribution in [3.8, 4) is 5.75 Å². The molecule has 0 radical (unpaired) electrons. The highest BCUT2D eigenvalue weighted by Crippen LogP contribution is 2.29. The summed E-state index contributed by atoms with van der Waals surface area (Å²) >= 11 is 1.54. The fourth-order valence-corrected chi connectivity index (χ4v) is 4.69. The zero-order valence-electron chi connectivity index (χ0n) is 15.1. The lowest BCUT2D eigenvalue weighted by Gasteiger charge is -2.33. The van der Waals surface area contributed by atoms with Crippen molar-refractivity contribution in [2.45, 2.75) is 24.8 Å². The Morgan fingerprint density at radius 2 is 1.93 bits per heavy atom. The van der Waals surface area contributed by atoms with Crippen molar-refractivity contribution in [3.05, 3.63) is 30.3 Å². The van der Waals surface area contributed by atoms with Crippen LogP contribution in [0.5, 0.6) is 5.75 Å². The largest absolute Gasteiger partial charge is 0.484 e. The molecule has 0 spiro atoms. The number of carbonyl (C=O) groups is 3. The van der Waals surface area contributed by atoms with Gasteiger partial charge in [-0.05, 0) is 37.1 Å². The lowest BCUT2D eigenvalue weighted by atomic mass is 9.92. The highest BCUT2D eigenvalue weighted by Gasteiger charge is 2.44. The van der Waals surface area contributed by atoms with E-state index in [4.69, 9.17) is 4.74 Å². The van der Waals surface area contributed by atoms with E-state index in [0.29, 0.717) is 43.9 Å². The molecule has 7 nitrogen and oxygen atoms in total. The second-order valence-electron chi connectivity index (χ2n) is 6.94. The second kappa shape index (κ2) is 8.65. The molecule has 1 aromatic rings. The topological polar surface area (TPSA) is 95.9 Å². The van der Waals surface area contributed by atoms with E-state index in [1.165, 1.54) is 0 Å². The monoisotopic (exact) mass is 392 g/mol. The van der Waals surface area contributed by atoms with Gasteiger partial charge in [-0.1, -0.05) is 18.2 Å². The van der Waals surface area contributed by atoms with Gasteiger partial charge in [-0.3, -0.25) is 9.59 Å². The van der Waals surface area contributed by atoms with Gasteiger partial charge in [-0.25, -0.2) is 4.79 Å². The van der Waals surface area contributed by atoms with E-state index in [2.05, 4.69) is 5.32 Å². The minimum absolute atomic E-state index is 0.0276. The van der Waals surface area contributed by atoms with Crippen LogP contribution in [0, 0.1) is 5.92 Å². The Bertz CT molecular complexity index is 683. The van der Waals surface area contributed by atoms with Crippen LogP contribution in [0.1, 0.15) is 19.3 Å². The summed E-state index contributed by atoms with van der Waals surface area (Å²) in [5, 5.41) is 12.2. The molecule has 2 aliphatic heterocycles. The van der Waals surface area contributed by atoms with Crippen LogP contribution in [0.4, 0.5) is 0 Å². The minimum atomic E-state index is -1.14. The van der Waals surface area contributed by atoms with Gasteiger partial charge in [0.1, 0.15) is 11.3 Å². The lowest BCUT2D eigenvalue weighted by molar-refractivity contribution is -0.147. The summed E-state index contributed by atoms with van der Waals surface area (Å²) in [6, 6.07) is 9.16. The Kier molecular flexibility index (Phi) is 6.26. The van der Waals surface area contributed by atoms with Gasteiger partial charge < -0.3 is 20.1 Å². The Morgan fingerprint density at radius 1 is 1.22 bits per heavy atom. The van der Waals surface area contributed by atoms with E-state index >= 15 is 0 Å². The number of ether oxygens (including phenoxy) is 1. The fraction of sp³-hybridized carbons (Fsp3) is 0.526. The van der Waals surface area contributed by atoms with Gasteiger partial charge in [0.15, 0.2) is 6.61 Å². The number of carboxylic acids is 1. The zero-order chi connectivity index (χ0) is 19.3. The smallest absolute Gasteiger partial charge is 0.330 e. The van der Waals surface area contributed by atoms with Gasteiger partial charge in [0.2, 0.25) is 5.91 Å². The number of amides is 2. The maximum absolute atomic E-state index is 12.5. The first-order valence-electron chi connectivity index (χ1n) is 9.09. The van der Waals surface area contributed by atoms with Crippen molar-refractivity contribution in [2.24, 2.45) is 5.92 Å². The quantitative estimate of drug-likeness (QED) is 0.759. The number of likely N-dealkylation sites (tertiary alicyclic amines) is 1. The van der Waals surface area contributed by atoms with E-state index in [1.54, 1.807) is 28.8 Å². The molecule has 2 fully saturated rings. The molecule has 2 N–H and O–H groups in total. The summed E-state index contributed by atoms with van der Waals surface area (Å²) in [4.78, 5) is 38.1. The number of rotatable bonds is 6. The maximum atomic E-state index is 12.5. The van der Waals surface area contributed by atoms with E-state index in [0.717, 1.165) is 5.75 Å². The number of carboxylic acid groups (broad SMARTS) is 1. The number of aliphatic carboxylic acids is 1. The molecular weight excluding hydrogens is 368 g/mol. The van der Waals surface area contributed by atoms with Crippen molar-refractivity contribution in [3.63, 3.8) is 0 Å². The van der Waals surface area contributed by atoms with E-state index < -0.39 is 11.5 Å². The first-order chi connectivity index (χ1) is 13.0. The maximum Gasteiger partial charge on any atom is 0.330 e. The molecular formula is C19H24N2O5S. The predicted molar refractivity (Wildman–Crippen MR) is 102 cm³/mol. The third kappa shape index (κ3) is 4.74. The molecule has 2 saturated heterocycles. The minimum Gasteiger partial charge on any atom is -0.484 e. The van der Waals surface area contributed by atoms with Crippen molar-refractivity contribution >= 4 is 29.5 Å². The van der Waals surface area contributed by atoms with Crippen molar-refractivity contribution in [2.75, 3.05) is 31.2 Å². The molecule has 3 rings (SSSR count). The summed E-state index contributed by atoms with van der Waals surface area (Å²) in [5.74, 6) is 0.244. The van der Waals surface area contributed by atoms with Gasteiger partial charge >= 0.3 is 5.97 Å². The summed E-state index contributed by atoms with van der Waals surface area (Å²) in [7, 11) is 0. The molecule has 0 aliphatic carbocycles. The van der Waals surface area contributed by atoms with E-state index in [9.17, 15) is 19.5 Å². The van der Waals surface area contributed by atoms with E-state index in [-0.39, 0.29) is 24.3 Å². The summed E-state index contributed by atoms with van der Waals surface area (Å²) in [5.41, 5.74) is -1.14. The predicted octanol–water partition coefficient (Wildman–Crippen LogP) is 1.38. The zero-order valence-corrected chi connectivity index (χ0v) is 15.9. The van der Waals surface area contributed by atoms with Gasteiger partial charge in [-0.2, -0.15) is 11.8 Å². The molecule has 1 atom stereocenters. The molecule has 146 valence electrons. The number of benzene rings is 1. The highest BCUT2D eigenvalue weighted by atomic mass is 32.2. The normalized spacial score (nSPS) is 23.0. The van der Waals surface area contributed by atoms with Crippen molar-refractivity contribution < 1.29 is 24.2 Å². The second-order valence-corrected chi connectivity index (χ2v) is 8.04. The number of nitrogens with one attached hydrogen (secondary N) is 1. The first kappa shape index (κ1) is 19.5. The van der Waals surface area contributed by atoms with E-state index in [1.807, 2.05) is 18.2 Å². The Balaban J connectivity index is 1.46. The van der Waals surface area contributed by atoms with Crippen LogP contribution in [-0.4, -0.2) is 64.5 Å². The Morgan fingerprint density at radius 3 is 2.52 bits per heavy atom. The summed E-state index contributed by atoms with van der Waals surface area (Å²) in [6.45, 7) is 0.925. The van der Waals surface area contributed by atoms with Crippen LogP contribution in [0.25, 0.3) is 0 Å². The number of hydrogen-bond donors (Lipinski definition) is 2. The van der Waals surface area contributed by atoms with Gasteiger partial charge in [0.05, 0.1) is 0 Å². The van der Waals surface area contributed by atoms with Gasteiger partial charge in [0.25, 0.3) is 5.91 Å². The van der Waals surface area contributed by atoms with Crippen LogP contribution in [0.2, 0.25) is 0 Å². The molecule has 8 heteroatoms. The SMILES string of the molecule is O=C(NC1(C(=O)O)CCSC1)C1CCN(C(=O)COc2ccccc2)CC1. The average Bonchev–Trinajstić information content (AvgIpc) is 3.17. The van der Waals surface area contributed by atoms with Crippen LogP contribution in [0.15, 0.2) is 30.3 Å². The van der Waals surface area contributed by atoms with Crippen LogP contribution in [0.3, 0.4) is 0 Å². The summed E-state index contributed by atoms with van der Waals surface area (Å²) < 4.78 is 5.49. The molecule has 1 unspecified atom stereocenters. The molecule has 0 bridgehead atoms. The Labute approximate surface area is 162 Å². The highest BCUT2D eigenvalue weighted by molar-refractivity contribution is 7.99. The van der Waals surface area contributed by atoms with Crippen molar-refractivity contribution in [1.29, 1.82) is 0 Å². The molecule has 2 aliphatic rings. The first-order valence-corrected chi connectivity index (χ1v) is 10.2. The van der Waals surface area contributed by atoms with Crippen LogP contribution >= 0.6 is 11.8 Å². The third-order valence-corrected chi connectivity index (χ3v) is 6.31.